The summed E-state index contributed by atoms with van der Waals surface area (Å²) in [5.74, 6) is 0.289. The zero-order valence-corrected chi connectivity index (χ0v) is 12.4. The molecule has 4 nitrogen and oxygen atoms in total. The van der Waals surface area contributed by atoms with Crippen LogP contribution in [0, 0.1) is 12.8 Å². The van der Waals surface area contributed by atoms with E-state index in [1.807, 2.05) is 19.9 Å². The molecular weight excluding hydrogens is 268 g/mol. The van der Waals surface area contributed by atoms with Crippen LogP contribution in [0.25, 0.3) is 0 Å². The predicted molar refractivity (Wildman–Crippen MR) is 74.2 cm³/mol. The fourth-order valence-electron chi connectivity index (χ4n) is 2.34. The van der Waals surface area contributed by atoms with Gasteiger partial charge in [0.2, 0.25) is 0 Å². The zero-order chi connectivity index (χ0) is 13.3. The lowest BCUT2D eigenvalue weighted by atomic mass is 9.96. The summed E-state index contributed by atoms with van der Waals surface area (Å²) in [5.41, 5.74) is 5.68. The van der Waals surface area contributed by atoms with Crippen LogP contribution in [-0.4, -0.2) is 31.9 Å². The molecule has 2 rings (SSSR count). The largest absolute Gasteiger partial charge is 0.330 e. The van der Waals surface area contributed by atoms with Gasteiger partial charge in [-0.05, 0) is 51.3 Å². The van der Waals surface area contributed by atoms with E-state index in [9.17, 15) is 8.42 Å². The first-order valence-corrected chi connectivity index (χ1v) is 8.49. The standard InChI is InChI=1S/C12H20N2O2S2/c1-9-3-5-11(7-13)8-14(9)18(15,16)12-6-4-10(2)17-12/h4,6,9,11H,3,5,7-8,13H2,1-2H3. The van der Waals surface area contributed by atoms with Crippen molar-refractivity contribution < 1.29 is 8.42 Å². The number of nitrogens with two attached hydrogens (primary N) is 1. The minimum atomic E-state index is -3.34. The topological polar surface area (TPSA) is 63.4 Å². The van der Waals surface area contributed by atoms with Crippen molar-refractivity contribution in [2.24, 2.45) is 11.7 Å². The molecule has 1 fully saturated rings. The highest BCUT2D eigenvalue weighted by Crippen LogP contribution is 2.30. The van der Waals surface area contributed by atoms with Crippen LogP contribution < -0.4 is 5.73 Å². The van der Waals surface area contributed by atoms with Gasteiger partial charge in [-0.3, -0.25) is 0 Å². The van der Waals surface area contributed by atoms with Crippen LogP contribution in [0.3, 0.4) is 0 Å². The van der Waals surface area contributed by atoms with Crippen molar-refractivity contribution in [2.45, 2.75) is 36.9 Å². The molecule has 2 N–H and O–H groups in total. The Bertz CT molecular complexity index is 510. The van der Waals surface area contributed by atoms with Gasteiger partial charge in [0.15, 0.2) is 0 Å². The van der Waals surface area contributed by atoms with Crippen LogP contribution in [0.5, 0.6) is 0 Å². The maximum atomic E-state index is 12.6. The van der Waals surface area contributed by atoms with Crippen LogP contribution in [0.1, 0.15) is 24.6 Å². The summed E-state index contributed by atoms with van der Waals surface area (Å²) in [6.45, 7) is 5.01. The van der Waals surface area contributed by atoms with E-state index in [1.165, 1.54) is 11.3 Å². The predicted octanol–water partition coefficient (Wildman–Crippen LogP) is 1.80. The van der Waals surface area contributed by atoms with E-state index in [0.29, 0.717) is 17.3 Å². The van der Waals surface area contributed by atoms with E-state index >= 15 is 0 Å². The number of hydrogen-bond acceptors (Lipinski definition) is 4. The molecule has 18 heavy (non-hydrogen) atoms. The maximum absolute atomic E-state index is 12.6. The molecule has 1 aliphatic heterocycles. The molecule has 2 heterocycles. The number of aryl methyl sites for hydroxylation is 1. The Morgan fingerprint density at radius 2 is 2.17 bits per heavy atom. The minimum Gasteiger partial charge on any atom is -0.330 e. The highest BCUT2D eigenvalue weighted by Gasteiger charge is 2.35. The SMILES string of the molecule is Cc1ccc(S(=O)(=O)N2CC(CN)CCC2C)s1. The second-order valence-corrected chi connectivity index (χ2v) is 8.37. The molecule has 0 aliphatic carbocycles. The van der Waals surface area contributed by atoms with Crippen LogP contribution in [-0.2, 0) is 10.0 Å². The zero-order valence-electron chi connectivity index (χ0n) is 10.8. The molecule has 0 radical (unpaired) electrons. The summed E-state index contributed by atoms with van der Waals surface area (Å²) in [6, 6.07) is 3.63. The molecule has 0 saturated carbocycles. The van der Waals surface area contributed by atoms with Gasteiger partial charge >= 0.3 is 0 Å². The van der Waals surface area contributed by atoms with E-state index in [-0.39, 0.29) is 12.0 Å². The third-order valence-corrected chi connectivity index (χ3v) is 6.98. The summed E-state index contributed by atoms with van der Waals surface area (Å²) in [5, 5.41) is 0. The first kappa shape index (κ1) is 14.0. The average Bonchev–Trinajstić information content (AvgIpc) is 2.77. The minimum absolute atomic E-state index is 0.0696. The van der Waals surface area contributed by atoms with Gasteiger partial charge < -0.3 is 5.73 Å². The van der Waals surface area contributed by atoms with Crippen molar-refractivity contribution in [3.8, 4) is 0 Å². The van der Waals surface area contributed by atoms with Crippen molar-refractivity contribution in [2.75, 3.05) is 13.1 Å². The molecule has 0 spiro atoms. The van der Waals surface area contributed by atoms with Crippen LogP contribution in [0.15, 0.2) is 16.3 Å². The van der Waals surface area contributed by atoms with E-state index in [2.05, 4.69) is 0 Å². The Labute approximate surface area is 113 Å². The van der Waals surface area contributed by atoms with Gasteiger partial charge in [-0.2, -0.15) is 4.31 Å². The number of hydrogen-bond donors (Lipinski definition) is 1. The van der Waals surface area contributed by atoms with Gasteiger partial charge in [-0.1, -0.05) is 0 Å². The molecule has 102 valence electrons. The second kappa shape index (κ2) is 5.28. The fourth-order valence-corrected chi connectivity index (χ4v) is 5.49. The number of thiophene rings is 1. The second-order valence-electron chi connectivity index (χ2n) is 4.97. The Hall–Kier alpha value is -0.430. The molecule has 2 unspecified atom stereocenters. The maximum Gasteiger partial charge on any atom is 0.252 e. The molecular formula is C12H20N2O2S2. The van der Waals surface area contributed by atoms with Gasteiger partial charge in [0, 0.05) is 17.5 Å². The highest BCUT2D eigenvalue weighted by atomic mass is 32.2. The molecule has 1 aromatic rings. The Balaban J connectivity index is 2.28. The number of piperidine rings is 1. The third-order valence-electron chi connectivity index (χ3n) is 3.53. The van der Waals surface area contributed by atoms with Gasteiger partial charge in [0.1, 0.15) is 4.21 Å². The fraction of sp³-hybridized carbons (Fsp3) is 0.667. The molecule has 6 heteroatoms. The molecule has 1 aliphatic rings. The van der Waals surface area contributed by atoms with Crippen molar-refractivity contribution in [3.63, 3.8) is 0 Å². The van der Waals surface area contributed by atoms with Gasteiger partial charge in [0.05, 0.1) is 0 Å². The average molecular weight is 288 g/mol. The normalized spacial score (nSPS) is 26.4. The van der Waals surface area contributed by atoms with E-state index in [0.717, 1.165) is 17.7 Å². The van der Waals surface area contributed by atoms with Crippen LogP contribution in [0.2, 0.25) is 0 Å². The van der Waals surface area contributed by atoms with Crippen LogP contribution >= 0.6 is 11.3 Å². The van der Waals surface area contributed by atoms with Crippen molar-refractivity contribution in [1.82, 2.24) is 4.31 Å². The van der Waals surface area contributed by atoms with Gasteiger partial charge in [-0.25, -0.2) is 8.42 Å². The van der Waals surface area contributed by atoms with E-state index in [1.54, 1.807) is 10.4 Å². The van der Waals surface area contributed by atoms with Crippen molar-refractivity contribution in [1.29, 1.82) is 0 Å². The number of nitrogens with zero attached hydrogens (tertiary/aromatic N) is 1. The summed E-state index contributed by atoms with van der Waals surface area (Å²) in [7, 11) is -3.34. The molecule has 1 saturated heterocycles. The quantitative estimate of drug-likeness (QED) is 0.922. The molecule has 0 amide bonds. The number of sulfonamides is 1. The molecule has 0 bridgehead atoms. The first-order chi connectivity index (χ1) is 8.45. The Morgan fingerprint density at radius 1 is 1.44 bits per heavy atom. The molecule has 2 atom stereocenters. The summed E-state index contributed by atoms with van der Waals surface area (Å²) >= 11 is 1.34. The van der Waals surface area contributed by atoms with Crippen molar-refractivity contribution >= 4 is 21.4 Å². The number of rotatable bonds is 3. The van der Waals surface area contributed by atoms with Crippen molar-refractivity contribution in [3.05, 3.63) is 17.0 Å². The van der Waals surface area contributed by atoms with E-state index < -0.39 is 10.0 Å². The lowest BCUT2D eigenvalue weighted by Gasteiger charge is -2.36. The van der Waals surface area contributed by atoms with E-state index in [4.69, 9.17) is 5.73 Å². The Morgan fingerprint density at radius 3 is 2.72 bits per heavy atom. The summed E-state index contributed by atoms with van der Waals surface area (Å²) < 4.78 is 27.2. The summed E-state index contributed by atoms with van der Waals surface area (Å²) in [4.78, 5) is 1.02. The lowest BCUT2D eigenvalue weighted by Crippen LogP contribution is -2.46. The first-order valence-electron chi connectivity index (χ1n) is 6.23. The highest BCUT2D eigenvalue weighted by molar-refractivity contribution is 7.91. The molecule has 0 aromatic carbocycles. The monoisotopic (exact) mass is 288 g/mol. The Kier molecular flexibility index (Phi) is 4.11. The summed E-state index contributed by atoms with van der Waals surface area (Å²) in [6.07, 6.45) is 1.92. The molecule has 1 aromatic heterocycles. The van der Waals surface area contributed by atoms with Gasteiger partial charge in [0.25, 0.3) is 10.0 Å². The lowest BCUT2D eigenvalue weighted by molar-refractivity contribution is 0.211. The smallest absolute Gasteiger partial charge is 0.252 e. The third kappa shape index (κ3) is 2.61. The van der Waals surface area contributed by atoms with Gasteiger partial charge in [-0.15, -0.1) is 11.3 Å². The van der Waals surface area contributed by atoms with Crippen LogP contribution in [0.4, 0.5) is 0 Å².